The first-order valence-electron chi connectivity index (χ1n) is 7.61. The fourth-order valence-corrected chi connectivity index (χ4v) is 2.72. The van der Waals surface area contributed by atoms with E-state index in [0.29, 0.717) is 25.5 Å². The maximum absolute atomic E-state index is 12.7. The van der Waals surface area contributed by atoms with E-state index in [1.807, 2.05) is 0 Å². The minimum absolute atomic E-state index is 0.0281. The number of amides is 1. The zero-order chi connectivity index (χ0) is 18.0. The summed E-state index contributed by atoms with van der Waals surface area (Å²) in [6, 6.07) is 4.12. The summed E-state index contributed by atoms with van der Waals surface area (Å²) in [7, 11) is 0. The van der Waals surface area contributed by atoms with Crippen LogP contribution >= 0.6 is 0 Å². The van der Waals surface area contributed by atoms with Crippen molar-refractivity contribution in [2.75, 3.05) is 18.0 Å². The normalized spacial score (nSPS) is 17.1. The van der Waals surface area contributed by atoms with E-state index < -0.39 is 11.7 Å². The van der Waals surface area contributed by atoms with Crippen LogP contribution in [-0.2, 0) is 17.5 Å². The Bertz CT molecular complexity index is 769. The third-order valence-corrected chi connectivity index (χ3v) is 3.94. The number of aromatic nitrogens is 3. The molecule has 0 aliphatic carbocycles. The van der Waals surface area contributed by atoms with E-state index in [0.717, 1.165) is 18.1 Å². The highest BCUT2D eigenvalue weighted by Crippen LogP contribution is 2.32. The molecule has 2 aromatic heterocycles. The van der Waals surface area contributed by atoms with E-state index in [9.17, 15) is 18.0 Å². The quantitative estimate of drug-likeness (QED) is 0.859. The lowest BCUT2D eigenvalue weighted by Gasteiger charge is -2.34. The topological polar surface area (TPSA) is 63.1 Å². The maximum atomic E-state index is 12.7. The molecule has 9 heteroatoms. The number of alkyl halides is 3. The van der Waals surface area contributed by atoms with Crippen molar-refractivity contribution in [3.63, 3.8) is 0 Å². The SMILES string of the molecule is C=CC(=O)NCC1CN(c2ccc(C(F)(F)F)cn2)c2ccnn2C1. The molecule has 2 aromatic rings. The molecule has 1 aliphatic heterocycles. The van der Waals surface area contributed by atoms with Crippen molar-refractivity contribution in [1.82, 2.24) is 20.1 Å². The summed E-state index contributed by atoms with van der Waals surface area (Å²) < 4.78 is 39.9. The van der Waals surface area contributed by atoms with Gasteiger partial charge in [0.25, 0.3) is 0 Å². The number of hydrogen-bond acceptors (Lipinski definition) is 4. The lowest BCUT2D eigenvalue weighted by molar-refractivity contribution is -0.137. The molecule has 6 nitrogen and oxygen atoms in total. The number of fused-ring (bicyclic) bond motifs is 1. The van der Waals surface area contributed by atoms with E-state index in [-0.39, 0.29) is 11.8 Å². The van der Waals surface area contributed by atoms with E-state index in [1.54, 1.807) is 21.8 Å². The van der Waals surface area contributed by atoms with Crippen LogP contribution < -0.4 is 10.2 Å². The van der Waals surface area contributed by atoms with Crippen LogP contribution in [0.3, 0.4) is 0 Å². The van der Waals surface area contributed by atoms with Crippen molar-refractivity contribution in [3.05, 3.63) is 48.8 Å². The van der Waals surface area contributed by atoms with Gasteiger partial charge in [-0.2, -0.15) is 18.3 Å². The largest absolute Gasteiger partial charge is 0.417 e. The average molecular weight is 351 g/mol. The number of carbonyl (C=O) groups is 1. The van der Waals surface area contributed by atoms with Crippen molar-refractivity contribution >= 4 is 17.5 Å². The minimum atomic E-state index is -4.42. The molecule has 132 valence electrons. The Morgan fingerprint density at radius 1 is 1.36 bits per heavy atom. The molecule has 0 aromatic carbocycles. The Hall–Kier alpha value is -2.84. The first kappa shape index (κ1) is 17.0. The van der Waals surface area contributed by atoms with Crippen molar-refractivity contribution in [2.45, 2.75) is 12.7 Å². The Labute approximate surface area is 142 Å². The van der Waals surface area contributed by atoms with Crippen LogP contribution in [0.1, 0.15) is 5.56 Å². The minimum Gasteiger partial charge on any atom is -0.352 e. The molecule has 1 unspecified atom stereocenters. The van der Waals surface area contributed by atoms with Crippen LogP contribution in [0.15, 0.2) is 43.2 Å². The molecule has 25 heavy (non-hydrogen) atoms. The standard InChI is InChI=1S/C16H16F3N5O/c1-2-14(25)21-7-11-9-23(15-5-6-22-24(15)10-11)13-4-3-12(8-20-13)16(17,18)19/h2-6,8,11H,1,7,9-10H2,(H,21,25). The highest BCUT2D eigenvalue weighted by atomic mass is 19.4. The van der Waals surface area contributed by atoms with Gasteiger partial charge in [0.1, 0.15) is 11.6 Å². The Morgan fingerprint density at radius 2 is 2.16 bits per heavy atom. The van der Waals surface area contributed by atoms with Gasteiger partial charge in [-0.05, 0) is 18.2 Å². The predicted molar refractivity (Wildman–Crippen MR) is 85.2 cm³/mol. The van der Waals surface area contributed by atoms with Crippen molar-refractivity contribution in [1.29, 1.82) is 0 Å². The van der Waals surface area contributed by atoms with Crippen LogP contribution in [0.25, 0.3) is 0 Å². The summed E-state index contributed by atoms with van der Waals surface area (Å²) in [6.45, 7) is 4.90. The van der Waals surface area contributed by atoms with Gasteiger partial charge in [0.15, 0.2) is 0 Å². The zero-order valence-corrected chi connectivity index (χ0v) is 13.2. The smallest absolute Gasteiger partial charge is 0.352 e. The van der Waals surface area contributed by atoms with E-state index in [2.05, 4.69) is 22.0 Å². The molecule has 0 saturated heterocycles. The second-order valence-corrected chi connectivity index (χ2v) is 5.70. The van der Waals surface area contributed by atoms with Crippen LogP contribution in [0.5, 0.6) is 0 Å². The summed E-state index contributed by atoms with van der Waals surface area (Å²) in [5, 5.41) is 6.95. The molecule has 0 spiro atoms. The Morgan fingerprint density at radius 3 is 2.80 bits per heavy atom. The van der Waals surface area contributed by atoms with Gasteiger partial charge in [0.05, 0.1) is 11.8 Å². The van der Waals surface area contributed by atoms with Gasteiger partial charge in [-0.1, -0.05) is 6.58 Å². The molecule has 1 amide bonds. The molecular formula is C16H16F3N5O. The highest BCUT2D eigenvalue weighted by Gasteiger charge is 2.32. The number of nitrogens with zero attached hydrogens (tertiary/aromatic N) is 4. The molecule has 1 atom stereocenters. The third-order valence-electron chi connectivity index (χ3n) is 3.94. The lowest BCUT2D eigenvalue weighted by Crippen LogP contribution is -2.41. The first-order chi connectivity index (χ1) is 11.9. The number of nitrogens with one attached hydrogen (secondary N) is 1. The molecule has 3 rings (SSSR count). The van der Waals surface area contributed by atoms with Crippen LogP contribution in [0, 0.1) is 5.92 Å². The van der Waals surface area contributed by atoms with Gasteiger partial charge in [-0.15, -0.1) is 0 Å². The van der Waals surface area contributed by atoms with Gasteiger partial charge in [-0.3, -0.25) is 4.79 Å². The Kier molecular flexibility index (Phi) is 4.47. The fraction of sp³-hybridized carbons (Fsp3) is 0.312. The average Bonchev–Trinajstić information content (AvgIpc) is 3.06. The molecular weight excluding hydrogens is 335 g/mol. The molecule has 1 N–H and O–H groups in total. The van der Waals surface area contributed by atoms with Crippen molar-refractivity contribution < 1.29 is 18.0 Å². The molecule has 1 aliphatic rings. The van der Waals surface area contributed by atoms with Crippen LogP contribution in [0.4, 0.5) is 24.8 Å². The van der Waals surface area contributed by atoms with E-state index >= 15 is 0 Å². The van der Waals surface area contributed by atoms with Gasteiger partial charge in [-0.25, -0.2) is 9.67 Å². The number of rotatable bonds is 4. The highest BCUT2D eigenvalue weighted by molar-refractivity contribution is 5.86. The van der Waals surface area contributed by atoms with E-state index in [4.69, 9.17) is 0 Å². The lowest BCUT2D eigenvalue weighted by atomic mass is 10.1. The maximum Gasteiger partial charge on any atom is 0.417 e. The fourth-order valence-electron chi connectivity index (χ4n) is 2.72. The summed E-state index contributed by atoms with van der Waals surface area (Å²) in [5.74, 6) is 0.902. The number of halogens is 3. The molecule has 0 saturated carbocycles. The summed E-state index contributed by atoms with van der Waals surface area (Å²) in [4.78, 5) is 17.1. The summed E-state index contributed by atoms with van der Waals surface area (Å²) in [6.07, 6.45) is -0.791. The zero-order valence-electron chi connectivity index (χ0n) is 13.2. The second-order valence-electron chi connectivity index (χ2n) is 5.70. The van der Waals surface area contributed by atoms with Crippen LogP contribution in [-0.4, -0.2) is 33.8 Å². The van der Waals surface area contributed by atoms with E-state index in [1.165, 1.54) is 12.1 Å². The second kappa shape index (κ2) is 6.58. The van der Waals surface area contributed by atoms with Crippen molar-refractivity contribution in [2.24, 2.45) is 5.92 Å². The Balaban J connectivity index is 1.82. The molecule has 0 bridgehead atoms. The number of pyridine rings is 1. The van der Waals surface area contributed by atoms with Crippen molar-refractivity contribution in [3.8, 4) is 0 Å². The number of carbonyl (C=O) groups excluding carboxylic acids is 1. The third kappa shape index (κ3) is 3.65. The predicted octanol–water partition coefficient (Wildman–Crippen LogP) is 2.37. The van der Waals surface area contributed by atoms with Gasteiger partial charge < -0.3 is 10.2 Å². The monoisotopic (exact) mass is 351 g/mol. The first-order valence-corrected chi connectivity index (χ1v) is 7.61. The molecule has 0 fully saturated rings. The van der Waals surface area contributed by atoms with Crippen LogP contribution in [0.2, 0.25) is 0 Å². The van der Waals surface area contributed by atoms with Gasteiger partial charge in [0, 0.05) is 37.8 Å². The molecule has 3 heterocycles. The van der Waals surface area contributed by atoms with Gasteiger partial charge in [0.2, 0.25) is 5.91 Å². The van der Waals surface area contributed by atoms with Gasteiger partial charge >= 0.3 is 6.18 Å². The summed E-state index contributed by atoms with van der Waals surface area (Å²) in [5.41, 5.74) is -0.795. The summed E-state index contributed by atoms with van der Waals surface area (Å²) >= 11 is 0. The molecule has 0 radical (unpaired) electrons. The number of hydrogen-bond donors (Lipinski definition) is 1. The number of anilines is 2.